The second-order valence-corrected chi connectivity index (χ2v) is 12.2. The number of pyridine rings is 1. The van der Waals surface area contributed by atoms with Crippen LogP contribution >= 0.6 is 0 Å². The van der Waals surface area contributed by atoms with Crippen LogP contribution < -0.4 is 5.19 Å². The van der Waals surface area contributed by atoms with Gasteiger partial charge in [0.15, 0.2) is 0 Å². The summed E-state index contributed by atoms with van der Waals surface area (Å²) in [6.45, 7) is 9.26. The fourth-order valence-electron chi connectivity index (χ4n) is 2.63. The Balaban J connectivity index is 2.62. The molecule has 0 aliphatic rings. The van der Waals surface area contributed by atoms with Gasteiger partial charge in [-0.1, -0.05) is 57.8 Å². The number of aromatic nitrogens is 1. The second-order valence-electron chi connectivity index (χ2n) is 7.12. The van der Waals surface area contributed by atoms with Crippen LogP contribution in [0.25, 0.3) is 11.3 Å². The van der Waals surface area contributed by atoms with Gasteiger partial charge in [-0.2, -0.15) is 0 Å². The number of benzene rings is 1. The van der Waals surface area contributed by atoms with E-state index >= 15 is 0 Å². The molecule has 2 heteroatoms. The molecule has 0 unspecified atom stereocenters. The number of hydrogen-bond acceptors (Lipinski definition) is 1. The Labute approximate surface area is 134 Å². The highest BCUT2D eigenvalue weighted by molar-refractivity contribution is 6.89. The molecule has 1 aromatic heterocycles. The Bertz CT molecular complexity index is 715. The topological polar surface area (TPSA) is 12.9 Å². The molecule has 1 nitrogen and oxygen atoms in total. The van der Waals surface area contributed by atoms with Crippen LogP contribution in [0.5, 0.6) is 0 Å². The molecule has 2 rings (SSSR count). The molecule has 0 amide bonds. The normalized spacial score (nSPS) is 14.7. The largest absolute Gasteiger partial charge is 0.256 e. The van der Waals surface area contributed by atoms with E-state index in [1.54, 1.807) is 12.1 Å². The predicted molar refractivity (Wildman–Crippen MR) is 95.9 cm³/mol. The summed E-state index contributed by atoms with van der Waals surface area (Å²) in [5.41, 5.74) is 3.16. The summed E-state index contributed by atoms with van der Waals surface area (Å²) in [7, 11) is -1.49. The van der Waals surface area contributed by atoms with E-state index < -0.39 is 14.9 Å². The molecule has 0 atom stereocenters. The minimum atomic E-state index is -2.13. The average molecular weight is 301 g/mol. The molecule has 21 heavy (non-hydrogen) atoms. The van der Waals surface area contributed by atoms with Crippen molar-refractivity contribution in [3.8, 4) is 11.3 Å². The fourth-order valence-corrected chi connectivity index (χ4v) is 4.22. The van der Waals surface area contributed by atoms with E-state index in [4.69, 9.17) is 4.11 Å². The predicted octanol–water partition coefficient (Wildman–Crippen LogP) is 4.80. The lowest BCUT2D eigenvalue weighted by Gasteiger charge is -2.22. The smallest absolute Gasteiger partial charge is 0.0799 e. The first-order valence-electron chi connectivity index (χ1n) is 9.09. The van der Waals surface area contributed by atoms with Gasteiger partial charge < -0.3 is 0 Å². The van der Waals surface area contributed by atoms with Crippen molar-refractivity contribution in [2.45, 2.75) is 46.8 Å². The van der Waals surface area contributed by atoms with E-state index in [0.29, 0.717) is 17.0 Å². The van der Waals surface area contributed by atoms with Gasteiger partial charge in [-0.15, -0.1) is 0 Å². The zero-order valence-corrected chi connectivity index (χ0v) is 14.7. The molecule has 0 fully saturated rings. The summed E-state index contributed by atoms with van der Waals surface area (Å²) in [6, 6.07) is 9.30. The molecule has 0 aliphatic carbocycles. The van der Waals surface area contributed by atoms with E-state index in [2.05, 4.69) is 44.5 Å². The van der Waals surface area contributed by atoms with Crippen molar-refractivity contribution < 1.29 is 4.11 Å². The third-order valence-electron chi connectivity index (χ3n) is 3.63. The van der Waals surface area contributed by atoms with Crippen LogP contribution in [-0.2, 0) is 6.42 Å². The van der Waals surface area contributed by atoms with Crippen molar-refractivity contribution in [3.63, 3.8) is 0 Å². The molecule has 0 saturated heterocycles. The van der Waals surface area contributed by atoms with Crippen LogP contribution in [0.3, 0.4) is 0 Å². The van der Waals surface area contributed by atoms with Gasteiger partial charge in [0.1, 0.15) is 0 Å². The van der Waals surface area contributed by atoms with Gasteiger partial charge in [-0.25, -0.2) is 0 Å². The molecular formula is C19H27NSi. The van der Waals surface area contributed by atoms with E-state index in [9.17, 15) is 0 Å². The molecule has 0 saturated carbocycles. The summed E-state index contributed by atoms with van der Waals surface area (Å²) >= 11 is 0. The molecule has 1 aromatic carbocycles. The monoisotopic (exact) mass is 300 g/mol. The maximum atomic E-state index is 7.78. The van der Waals surface area contributed by atoms with E-state index in [1.165, 1.54) is 10.8 Å². The van der Waals surface area contributed by atoms with Crippen molar-refractivity contribution in [3.05, 3.63) is 47.7 Å². The lowest BCUT2D eigenvalue weighted by atomic mass is 10.00. The van der Waals surface area contributed by atoms with Crippen LogP contribution in [-0.4, -0.2) is 13.1 Å². The van der Waals surface area contributed by atoms with Gasteiger partial charge in [-0.05, 0) is 41.6 Å². The summed E-state index contributed by atoms with van der Waals surface area (Å²) in [5, 5.41) is 1.37. The van der Waals surface area contributed by atoms with Gasteiger partial charge in [-0.3, -0.25) is 4.98 Å². The van der Waals surface area contributed by atoms with E-state index in [1.807, 2.05) is 18.3 Å². The first kappa shape index (κ1) is 12.2. The number of aryl methyl sites for hydroxylation is 1. The molecule has 2 aromatic rings. The summed E-state index contributed by atoms with van der Waals surface area (Å²) in [4.78, 5) is 4.64. The molecule has 0 radical (unpaired) electrons. The third-order valence-corrected chi connectivity index (χ3v) is 5.70. The van der Waals surface area contributed by atoms with Crippen molar-refractivity contribution in [2.24, 2.45) is 5.92 Å². The quantitative estimate of drug-likeness (QED) is 0.739. The van der Waals surface area contributed by atoms with Crippen LogP contribution in [0, 0.1) is 12.8 Å². The van der Waals surface area contributed by atoms with Crippen molar-refractivity contribution in [1.82, 2.24) is 4.98 Å². The molecule has 0 bridgehead atoms. The van der Waals surface area contributed by atoms with Gasteiger partial charge in [0.05, 0.1) is 13.8 Å². The Kier molecular flexibility index (Phi) is 3.56. The fraction of sp³-hybridized carbons (Fsp3) is 0.421. The molecule has 0 aliphatic heterocycles. The van der Waals surface area contributed by atoms with Gasteiger partial charge in [0.25, 0.3) is 0 Å². The molecule has 1 heterocycles. The summed E-state index contributed by atoms with van der Waals surface area (Å²) in [6.07, 6.45) is 2.97. The first-order chi connectivity index (χ1) is 11.0. The second kappa shape index (κ2) is 6.14. The Morgan fingerprint density at radius 1 is 1.19 bits per heavy atom. The Hall–Kier alpha value is -1.41. The number of nitrogens with zero attached hydrogens (tertiary/aromatic N) is 1. The van der Waals surface area contributed by atoms with E-state index in [0.717, 1.165) is 12.1 Å². The summed E-state index contributed by atoms with van der Waals surface area (Å²) in [5.74, 6) is 0.549. The van der Waals surface area contributed by atoms with Crippen LogP contribution in [0.4, 0.5) is 0 Å². The number of hydrogen-bond donors (Lipinski definition) is 0. The van der Waals surface area contributed by atoms with Gasteiger partial charge in [0.2, 0.25) is 0 Å². The van der Waals surface area contributed by atoms with Crippen molar-refractivity contribution in [2.75, 3.05) is 0 Å². The lowest BCUT2D eigenvalue weighted by Crippen LogP contribution is -2.40. The minimum absolute atomic E-state index is 0.369. The maximum Gasteiger partial charge on any atom is 0.0799 e. The van der Waals surface area contributed by atoms with Crippen molar-refractivity contribution in [1.29, 1.82) is 0 Å². The number of rotatable bonds is 4. The standard InChI is InChI=1S/C19H27NSi/c1-14(2)11-16-12-18(17-10-8-7-9-15(17)3)20-13-19(16)21(4,5)6/h7-10,12-14H,11H2,1-6H3/i3D3. The van der Waals surface area contributed by atoms with Crippen LogP contribution in [0.15, 0.2) is 36.5 Å². The highest BCUT2D eigenvalue weighted by Crippen LogP contribution is 2.23. The van der Waals surface area contributed by atoms with Gasteiger partial charge in [0, 0.05) is 15.9 Å². The first-order valence-corrected chi connectivity index (χ1v) is 11.1. The molecule has 112 valence electrons. The third kappa shape index (κ3) is 3.82. The van der Waals surface area contributed by atoms with Crippen molar-refractivity contribution >= 4 is 13.3 Å². The average Bonchev–Trinajstić information content (AvgIpc) is 2.44. The zero-order valence-electron chi connectivity index (χ0n) is 16.7. The molecule has 0 N–H and O–H groups in total. The van der Waals surface area contributed by atoms with Crippen LogP contribution in [0.2, 0.25) is 19.6 Å². The Morgan fingerprint density at radius 3 is 2.52 bits per heavy atom. The highest BCUT2D eigenvalue weighted by atomic mass is 28.3. The van der Waals surface area contributed by atoms with Crippen LogP contribution in [0.1, 0.15) is 29.1 Å². The molecular weight excluding hydrogens is 270 g/mol. The SMILES string of the molecule is [2H]C([2H])([2H])c1ccccc1-c1cc(CC(C)C)c([Si](C)(C)C)cn1. The molecule has 0 spiro atoms. The Morgan fingerprint density at radius 2 is 1.90 bits per heavy atom. The summed E-state index contributed by atoms with van der Waals surface area (Å²) < 4.78 is 23.4. The lowest BCUT2D eigenvalue weighted by molar-refractivity contribution is 0.649. The van der Waals surface area contributed by atoms with E-state index in [-0.39, 0.29) is 0 Å². The minimum Gasteiger partial charge on any atom is -0.256 e. The maximum absolute atomic E-state index is 7.78. The van der Waals surface area contributed by atoms with Gasteiger partial charge >= 0.3 is 0 Å². The zero-order chi connectivity index (χ0) is 18.1. The highest BCUT2D eigenvalue weighted by Gasteiger charge is 2.21.